The van der Waals surface area contributed by atoms with Crippen LogP contribution in [0.3, 0.4) is 0 Å². The van der Waals surface area contributed by atoms with Crippen molar-refractivity contribution < 1.29 is 63.5 Å². The Balaban J connectivity index is 0.000000231. The number of carboxylic acids is 1. The van der Waals surface area contributed by atoms with Crippen molar-refractivity contribution in [2.75, 3.05) is 6.61 Å². The van der Waals surface area contributed by atoms with Gasteiger partial charge in [0.1, 0.15) is 0 Å². The minimum Gasteiger partial charge on any atom is -0.870 e. The van der Waals surface area contributed by atoms with Gasteiger partial charge in [0.05, 0.1) is 27.7 Å². The van der Waals surface area contributed by atoms with Crippen LogP contribution in [-0.2, 0) is 17.6 Å². The Morgan fingerprint density at radius 2 is 1.27 bits per heavy atom. The van der Waals surface area contributed by atoms with Crippen LogP contribution in [0.2, 0.25) is 10.0 Å². The zero-order valence-electron chi connectivity index (χ0n) is 23.3. The van der Waals surface area contributed by atoms with E-state index in [1.807, 2.05) is 48.5 Å². The summed E-state index contributed by atoms with van der Waals surface area (Å²) in [5, 5.41) is 19.1. The Kier molecular flexibility index (Phi) is 12.3. The summed E-state index contributed by atoms with van der Waals surface area (Å²) in [5.74, 6) is -1.67. The Morgan fingerprint density at radius 3 is 1.73 bits per heavy atom. The molecule has 0 radical (unpaired) electrons. The summed E-state index contributed by atoms with van der Waals surface area (Å²) in [6.45, 7) is 1.97. The van der Waals surface area contributed by atoms with Gasteiger partial charge in [-0.3, -0.25) is 9.97 Å². The molecule has 4 aromatic heterocycles. The van der Waals surface area contributed by atoms with Crippen LogP contribution in [0, 0.1) is 0 Å². The molecule has 0 saturated carbocycles. The third-order valence-electron chi connectivity index (χ3n) is 5.72. The summed E-state index contributed by atoms with van der Waals surface area (Å²) in [7, 11) is 0. The van der Waals surface area contributed by atoms with Crippen molar-refractivity contribution in [1.29, 1.82) is 0 Å². The number of rotatable bonds is 7. The minimum absolute atomic E-state index is 0. The molecule has 0 aliphatic carbocycles. The van der Waals surface area contributed by atoms with Crippen molar-refractivity contribution in [2.24, 2.45) is 0 Å². The van der Waals surface area contributed by atoms with Gasteiger partial charge in [0, 0.05) is 36.0 Å². The molecule has 0 aliphatic rings. The van der Waals surface area contributed by atoms with Gasteiger partial charge in [0.15, 0.2) is 11.6 Å². The van der Waals surface area contributed by atoms with Crippen LogP contribution >= 0.6 is 23.2 Å². The third-order valence-corrected chi connectivity index (χ3v) is 6.13. The number of nitrogens with zero attached hydrogens (tertiary/aromatic N) is 6. The number of halogens is 2. The van der Waals surface area contributed by atoms with E-state index in [0.29, 0.717) is 34.5 Å². The van der Waals surface area contributed by atoms with Crippen molar-refractivity contribution in [3.63, 3.8) is 0 Å². The maximum absolute atomic E-state index is 11.5. The fourth-order valence-corrected chi connectivity index (χ4v) is 4.24. The smallest absolute Gasteiger partial charge is 0.870 e. The molecule has 0 amide bonds. The molecule has 2 N–H and O–H groups in total. The van der Waals surface area contributed by atoms with Crippen molar-refractivity contribution in [1.82, 2.24) is 30.2 Å². The SMILES string of the molecule is CCOC(=O)c1nc(Cc2ccc3ncc(Cl)cc3c2)no1.O=C(O)c1nc(Cc2ccc3ncc(Cl)cc3c2)no1.[Na+].[OH-]. The first-order valence-corrected chi connectivity index (χ1v) is 13.2. The molecule has 0 atom stereocenters. The number of esters is 1. The Labute approximate surface area is 281 Å². The van der Waals surface area contributed by atoms with Gasteiger partial charge in [-0.15, -0.1) is 0 Å². The van der Waals surface area contributed by atoms with E-state index in [-0.39, 0.29) is 47.5 Å². The van der Waals surface area contributed by atoms with Crippen LogP contribution in [0.25, 0.3) is 21.8 Å². The quantitative estimate of drug-likeness (QED) is 0.196. The number of aromatic nitrogens is 6. The summed E-state index contributed by atoms with van der Waals surface area (Å²) in [5.41, 5.74) is 3.57. The number of pyridine rings is 2. The normalized spacial score (nSPS) is 10.3. The molecule has 0 spiro atoms. The molecular weight excluding hydrogens is 626 g/mol. The number of ether oxygens (including phenoxy) is 1. The number of benzene rings is 2. The van der Waals surface area contributed by atoms with E-state index in [2.05, 4.69) is 34.8 Å². The van der Waals surface area contributed by atoms with E-state index in [1.54, 1.807) is 19.3 Å². The predicted molar refractivity (Wildman–Crippen MR) is 153 cm³/mol. The maximum atomic E-state index is 11.5. The summed E-state index contributed by atoms with van der Waals surface area (Å²) in [6, 6.07) is 15.1. The predicted octanol–water partition coefficient (Wildman–Crippen LogP) is 2.43. The number of hydrogen-bond donors (Lipinski definition) is 1. The standard InChI is InChI=1S/C15H12ClN3O3.C13H8ClN3O3.Na.H2O/c1-2-21-15(20)14-18-13(19-22-14)6-9-3-4-12-10(5-9)7-11(16)8-17-12;14-9-5-8-3-7(1-2-10(8)15-6-9)4-11-16-12(13(18)19)20-17-11;;/h3-5,7-8H,2,6H2,1H3;1-3,5-6H,4H2,(H,18,19);;1H2/q;;+1;/p-1. The van der Waals surface area contributed by atoms with Crippen LogP contribution in [0.5, 0.6) is 0 Å². The molecule has 4 heterocycles. The number of carbonyl (C=O) groups is 2. The first-order valence-electron chi connectivity index (χ1n) is 12.4. The fourth-order valence-electron chi connectivity index (χ4n) is 3.91. The number of aromatic carboxylic acids is 1. The van der Waals surface area contributed by atoms with E-state index in [4.69, 9.17) is 37.6 Å². The first kappa shape index (κ1) is 34.5. The molecule has 0 bridgehead atoms. The molecule has 13 nitrogen and oxygen atoms in total. The monoisotopic (exact) mass is 646 g/mol. The van der Waals surface area contributed by atoms with Crippen molar-refractivity contribution >= 4 is 56.9 Å². The Bertz CT molecular complexity index is 1920. The second kappa shape index (κ2) is 15.7. The van der Waals surface area contributed by atoms with Crippen molar-refractivity contribution in [2.45, 2.75) is 19.8 Å². The van der Waals surface area contributed by atoms with Crippen molar-refractivity contribution in [3.8, 4) is 0 Å². The number of carbonyl (C=O) groups excluding carboxylic acids is 1. The van der Waals surface area contributed by atoms with Crippen LogP contribution < -0.4 is 29.6 Å². The molecule has 0 aliphatic heterocycles. The van der Waals surface area contributed by atoms with Crippen LogP contribution in [0.1, 0.15) is 51.1 Å². The minimum atomic E-state index is -1.24. The molecule has 6 aromatic rings. The van der Waals surface area contributed by atoms with E-state index in [9.17, 15) is 9.59 Å². The van der Waals surface area contributed by atoms with E-state index >= 15 is 0 Å². The van der Waals surface area contributed by atoms with E-state index in [1.165, 1.54) is 0 Å². The first-order chi connectivity index (χ1) is 20.3. The molecule has 0 fully saturated rings. The second-order valence-corrected chi connectivity index (χ2v) is 9.64. The van der Waals surface area contributed by atoms with Crippen molar-refractivity contribution in [3.05, 3.63) is 106 Å². The summed E-state index contributed by atoms with van der Waals surface area (Å²) in [6.07, 6.45) is 4.00. The molecule has 44 heavy (non-hydrogen) atoms. The van der Waals surface area contributed by atoms with Crippen LogP contribution in [0.15, 0.2) is 70.0 Å². The van der Waals surface area contributed by atoms with Gasteiger partial charge >= 0.3 is 53.3 Å². The van der Waals surface area contributed by atoms with Gasteiger partial charge < -0.3 is 24.4 Å². The number of hydrogen-bond acceptors (Lipinski definition) is 12. The van der Waals surface area contributed by atoms with Crippen LogP contribution in [0.4, 0.5) is 0 Å². The Morgan fingerprint density at radius 1 is 0.795 bits per heavy atom. The summed E-state index contributed by atoms with van der Waals surface area (Å²) in [4.78, 5) is 38.4. The van der Waals surface area contributed by atoms with Gasteiger partial charge in [-0.25, -0.2) is 9.59 Å². The average molecular weight is 647 g/mol. The topological polar surface area (TPSA) is 197 Å². The zero-order valence-corrected chi connectivity index (χ0v) is 26.8. The van der Waals surface area contributed by atoms with Gasteiger partial charge in [-0.1, -0.05) is 45.6 Å². The fraction of sp³-hybridized carbons (Fsp3) is 0.143. The molecule has 6 rings (SSSR count). The van der Waals surface area contributed by atoms with Gasteiger partial charge in [0.2, 0.25) is 0 Å². The average Bonchev–Trinajstić information content (AvgIpc) is 3.63. The molecule has 0 unspecified atom stereocenters. The maximum Gasteiger partial charge on any atom is 1.00 e. The van der Waals surface area contributed by atoms with Gasteiger partial charge in [0.25, 0.3) is 0 Å². The molecule has 220 valence electrons. The molecule has 2 aromatic carbocycles. The van der Waals surface area contributed by atoms with E-state index < -0.39 is 17.8 Å². The van der Waals surface area contributed by atoms with Crippen LogP contribution in [-0.4, -0.2) is 59.4 Å². The largest absolute Gasteiger partial charge is 1.00 e. The molecular formula is C28H21Cl2N6NaO7. The van der Waals surface area contributed by atoms with Gasteiger partial charge in [-0.2, -0.15) is 9.97 Å². The summed E-state index contributed by atoms with van der Waals surface area (Å²) >= 11 is 11.8. The van der Waals surface area contributed by atoms with Gasteiger partial charge in [-0.05, 0) is 54.4 Å². The number of carboxylic acid groups (broad SMARTS) is 1. The molecule has 0 saturated heterocycles. The number of fused-ring (bicyclic) bond motifs is 2. The molecule has 16 heteroatoms. The third kappa shape index (κ3) is 8.78. The second-order valence-electron chi connectivity index (χ2n) is 8.77. The summed E-state index contributed by atoms with van der Waals surface area (Å²) < 4.78 is 14.3. The Hall–Kier alpha value is -3.98. The zero-order chi connectivity index (χ0) is 29.6. The van der Waals surface area contributed by atoms with E-state index in [0.717, 1.165) is 32.9 Å².